The first kappa shape index (κ1) is 10.6. The van der Waals surface area contributed by atoms with Crippen molar-refractivity contribution in [3.63, 3.8) is 0 Å². The van der Waals surface area contributed by atoms with Gasteiger partial charge in [-0.3, -0.25) is 0 Å². The van der Waals surface area contributed by atoms with Crippen molar-refractivity contribution in [2.45, 2.75) is 30.8 Å². The summed E-state index contributed by atoms with van der Waals surface area (Å²) in [7, 11) is 1.55. The lowest BCUT2D eigenvalue weighted by Crippen LogP contribution is -2.54. The first-order chi connectivity index (χ1) is 7.17. The second kappa shape index (κ2) is 3.94. The van der Waals surface area contributed by atoms with Crippen LogP contribution in [-0.2, 0) is 4.74 Å². The summed E-state index contributed by atoms with van der Waals surface area (Å²) in [6, 6.07) is -0.250. The maximum absolute atomic E-state index is 13.7. The highest BCUT2D eigenvalue weighted by molar-refractivity contribution is 5.76. The van der Waals surface area contributed by atoms with E-state index < -0.39 is 24.2 Å². The predicted molar refractivity (Wildman–Crippen MR) is 51.3 cm³/mol. The molecule has 0 aromatic heterocycles. The Morgan fingerprint density at radius 1 is 1.67 bits per heavy atom. The minimum atomic E-state index is -1.43. The molecule has 0 amide bonds. The van der Waals surface area contributed by atoms with Crippen molar-refractivity contribution in [1.82, 2.24) is 5.32 Å². The fraction of sp³-hybridized carbons (Fsp3) is 0.889. The number of alkyl halides is 1. The standard InChI is InChI=1S/C9H15FN2O3/c1-11-9-12-7-5(15-9)2-4(3-13)8(14)6(7)10/h4-8,13-14H,2-3H2,1H3,(H,11,12)/t4-,5+,6+,7+,8-/m1/s1. The van der Waals surface area contributed by atoms with Crippen molar-refractivity contribution in [3.05, 3.63) is 0 Å². The summed E-state index contributed by atoms with van der Waals surface area (Å²) in [5.41, 5.74) is 0. The van der Waals surface area contributed by atoms with E-state index in [0.29, 0.717) is 12.4 Å². The highest BCUT2D eigenvalue weighted by Crippen LogP contribution is 2.32. The van der Waals surface area contributed by atoms with Crippen molar-refractivity contribution in [2.75, 3.05) is 13.7 Å². The molecule has 2 rings (SSSR count). The van der Waals surface area contributed by atoms with Crippen LogP contribution in [0.25, 0.3) is 0 Å². The molecule has 6 heteroatoms. The van der Waals surface area contributed by atoms with Gasteiger partial charge in [0.1, 0.15) is 18.3 Å². The monoisotopic (exact) mass is 218 g/mol. The minimum Gasteiger partial charge on any atom is -0.460 e. The number of fused-ring (bicyclic) bond motifs is 1. The molecule has 0 spiro atoms. The Morgan fingerprint density at radius 3 is 3.00 bits per heavy atom. The third-order valence-electron chi connectivity index (χ3n) is 3.08. The Bertz CT molecular complexity index is 274. The number of amidine groups is 1. The number of ether oxygens (including phenoxy) is 1. The summed E-state index contributed by atoms with van der Waals surface area (Å²) < 4.78 is 19.1. The molecule has 0 bridgehead atoms. The number of nitrogens with one attached hydrogen (secondary N) is 1. The second-order valence-electron chi connectivity index (χ2n) is 3.97. The molecule has 1 aliphatic heterocycles. The predicted octanol–water partition coefficient (Wildman–Crippen LogP) is -0.960. The summed E-state index contributed by atoms with van der Waals surface area (Å²) in [4.78, 5) is 3.79. The zero-order valence-electron chi connectivity index (χ0n) is 8.43. The third kappa shape index (κ3) is 1.68. The van der Waals surface area contributed by atoms with Crippen molar-refractivity contribution in [1.29, 1.82) is 0 Å². The van der Waals surface area contributed by atoms with E-state index in [0.717, 1.165) is 0 Å². The molecule has 0 unspecified atom stereocenters. The lowest BCUT2D eigenvalue weighted by atomic mass is 9.81. The number of rotatable bonds is 1. The Morgan fingerprint density at radius 2 is 2.40 bits per heavy atom. The molecular formula is C9H15FN2O3. The molecule has 1 saturated carbocycles. The van der Waals surface area contributed by atoms with Crippen LogP contribution < -0.4 is 5.32 Å². The van der Waals surface area contributed by atoms with Crippen LogP contribution >= 0.6 is 0 Å². The van der Waals surface area contributed by atoms with E-state index in [1.165, 1.54) is 0 Å². The van der Waals surface area contributed by atoms with Crippen LogP contribution in [0.3, 0.4) is 0 Å². The van der Waals surface area contributed by atoms with E-state index in [9.17, 15) is 9.50 Å². The topological polar surface area (TPSA) is 74.1 Å². The molecule has 0 aromatic carbocycles. The van der Waals surface area contributed by atoms with Gasteiger partial charge in [-0.05, 0) is 6.42 Å². The van der Waals surface area contributed by atoms with Crippen LogP contribution in [0.1, 0.15) is 6.42 Å². The Balaban J connectivity index is 2.13. The molecule has 0 aromatic rings. The smallest absolute Gasteiger partial charge is 0.285 e. The average molecular weight is 218 g/mol. The molecule has 86 valence electrons. The summed E-state index contributed by atoms with van der Waals surface area (Å²) in [5.74, 6) is -0.459. The lowest BCUT2D eigenvalue weighted by Gasteiger charge is -2.35. The SMILES string of the molecule is CN=C1N[C@@H]2[C@H](F)[C@H](O)[C@@H](CO)C[C@@H]2O1. The highest BCUT2D eigenvalue weighted by atomic mass is 19.1. The number of hydrogen-bond acceptors (Lipinski definition) is 4. The summed E-state index contributed by atoms with van der Waals surface area (Å²) in [6.07, 6.45) is -2.47. The molecule has 1 saturated heterocycles. The van der Waals surface area contributed by atoms with Gasteiger partial charge >= 0.3 is 0 Å². The maximum atomic E-state index is 13.7. The maximum Gasteiger partial charge on any atom is 0.285 e. The van der Waals surface area contributed by atoms with Crippen molar-refractivity contribution in [2.24, 2.45) is 10.9 Å². The van der Waals surface area contributed by atoms with E-state index in [4.69, 9.17) is 9.84 Å². The summed E-state index contributed by atoms with van der Waals surface area (Å²) in [6.45, 7) is -0.229. The number of hydrogen-bond donors (Lipinski definition) is 3. The van der Waals surface area contributed by atoms with E-state index >= 15 is 0 Å². The van der Waals surface area contributed by atoms with E-state index in [1.54, 1.807) is 7.05 Å². The van der Waals surface area contributed by atoms with Crippen LogP contribution in [-0.4, -0.2) is 54.3 Å². The van der Waals surface area contributed by atoms with Crippen LogP contribution in [0.15, 0.2) is 4.99 Å². The van der Waals surface area contributed by atoms with Gasteiger partial charge in [0.2, 0.25) is 0 Å². The number of halogens is 1. The molecule has 2 aliphatic rings. The third-order valence-corrected chi connectivity index (χ3v) is 3.08. The van der Waals surface area contributed by atoms with Gasteiger partial charge in [-0.25, -0.2) is 9.38 Å². The van der Waals surface area contributed by atoms with Gasteiger partial charge < -0.3 is 20.3 Å². The summed E-state index contributed by atoms with van der Waals surface area (Å²) >= 11 is 0. The molecular weight excluding hydrogens is 203 g/mol. The Hall–Kier alpha value is -0.880. The van der Waals surface area contributed by atoms with Gasteiger partial charge in [-0.1, -0.05) is 0 Å². The average Bonchev–Trinajstić information content (AvgIpc) is 2.66. The fourth-order valence-electron chi connectivity index (χ4n) is 2.18. The Kier molecular flexibility index (Phi) is 2.79. The van der Waals surface area contributed by atoms with Crippen molar-refractivity contribution < 1.29 is 19.3 Å². The molecule has 1 heterocycles. The molecule has 15 heavy (non-hydrogen) atoms. The van der Waals surface area contributed by atoms with Gasteiger partial charge in [0.25, 0.3) is 6.02 Å². The first-order valence-electron chi connectivity index (χ1n) is 5.00. The van der Waals surface area contributed by atoms with Gasteiger partial charge in [0.15, 0.2) is 0 Å². The number of aliphatic hydroxyl groups is 2. The van der Waals surface area contributed by atoms with Crippen LogP contribution in [0.4, 0.5) is 4.39 Å². The second-order valence-corrected chi connectivity index (χ2v) is 3.97. The highest BCUT2D eigenvalue weighted by Gasteiger charge is 2.49. The fourth-order valence-corrected chi connectivity index (χ4v) is 2.18. The van der Waals surface area contributed by atoms with Gasteiger partial charge in [-0.2, -0.15) is 0 Å². The van der Waals surface area contributed by atoms with Crippen LogP contribution in [0, 0.1) is 5.92 Å². The zero-order chi connectivity index (χ0) is 11.0. The first-order valence-corrected chi connectivity index (χ1v) is 5.00. The van der Waals surface area contributed by atoms with Gasteiger partial charge in [-0.15, -0.1) is 0 Å². The van der Waals surface area contributed by atoms with Gasteiger partial charge in [0.05, 0.1) is 6.10 Å². The van der Waals surface area contributed by atoms with Crippen LogP contribution in [0.2, 0.25) is 0 Å². The quantitative estimate of drug-likeness (QED) is 0.530. The molecule has 3 N–H and O–H groups in total. The summed E-state index contributed by atoms with van der Waals surface area (Å²) in [5, 5.41) is 21.3. The molecule has 0 radical (unpaired) electrons. The van der Waals surface area contributed by atoms with E-state index in [2.05, 4.69) is 10.3 Å². The molecule has 2 fully saturated rings. The zero-order valence-corrected chi connectivity index (χ0v) is 8.43. The van der Waals surface area contributed by atoms with Crippen molar-refractivity contribution in [3.8, 4) is 0 Å². The van der Waals surface area contributed by atoms with Crippen molar-refractivity contribution >= 4 is 6.02 Å². The lowest BCUT2D eigenvalue weighted by molar-refractivity contribution is -0.0626. The largest absolute Gasteiger partial charge is 0.460 e. The molecule has 1 aliphatic carbocycles. The Labute approximate surface area is 87.0 Å². The number of nitrogens with zero attached hydrogens (tertiary/aromatic N) is 1. The molecule has 5 atom stereocenters. The molecule has 5 nitrogen and oxygen atoms in total. The number of aliphatic hydroxyl groups excluding tert-OH is 2. The van der Waals surface area contributed by atoms with Crippen LogP contribution in [0.5, 0.6) is 0 Å². The number of aliphatic imine (C=N–C) groups is 1. The van der Waals surface area contributed by atoms with E-state index in [-0.39, 0.29) is 12.7 Å². The van der Waals surface area contributed by atoms with Gasteiger partial charge in [0, 0.05) is 19.6 Å². The minimum absolute atomic E-state index is 0.229. The normalized spacial score (nSPS) is 47.2. The van der Waals surface area contributed by atoms with E-state index in [1.807, 2.05) is 0 Å².